The molecule has 0 amide bonds. The summed E-state index contributed by atoms with van der Waals surface area (Å²) in [7, 11) is 0. The molecule has 100 heavy (non-hydrogen) atoms. The molecule has 0 N–H and O–H groups in total. The first-order chi connectivity index (χ1) is 46.8. The topological polar surface area (TPSA) is 83.5 Å². The Kier molecular flexibility index (Phi) is 16.3. The predicted octanol–water partition coefficient (Wildman–Crippen LogP) is 26.6. The number of anilines is 1. The van der Waals surface area contributed by atoms with Crippen LogP contribution < -0.4 is 23.8 Å². The number of hydrogen-bond acceptors (Lipinski definition) is 8. The van der Waals surface area contributed by atoms with Crippen LogP contribution in [-0.2, 0) is 26.4 Å². The molecule has 0 bridgehead atoms. The smallest absolute Gasteiger partial charge is 0.346 e. The average molecular weight is 1330 g/mol. The second-order valence-electron chi connectivity index (χ2n) is 36.9. The Morgan fingerprint density at radius 3 is 0.900 bits per heavy atom. The maximum absolute atomic E-state index is 14.5. The second kappa shape index (κ2) is 23.9. The fourth-order valence-electron chi connectivity index (χ4n) is 18.6. The minimum absolute atomic E-state index is 0.0646. The van der Waals surface area contributed by atoms with Crippen LogP contribution in [0.3, 0.4) is 0 Å². The number of rotatable bonds is 17. The molecule has 1 fully saturated rings. The summed E-state index contributed by atoms with van der Waals surface area (Å²) in [5.74, 6) is 3.58. The Labute approximate surface area is 592 Å². The van der Waals surface area contributed by atoms with Crippen molar-refractivity contribution in [1.29, 1.82) is 0 Å². The first-order valence-electron chi connectivity index (χ1n) is 36.4. The van der Waals surface area contributed by atoms with Crippen molar-refractivity contribution < 1.29 is 33.3 Å². The molecule has 0 spiro atoms. The number of esters is 2. The van der Waals surface area contributed by atoms with Gasteiger partial charge in [-0.1, -0.05) is 211 Å². The molecule has 2 heterocycles. The highest BCUT2D eigenvalue weighted by atomic mass is 16.6. The van der Waals surface area contributed by atoms with E-state index in [4.69, 9.17) is 23.7 Å². The Morgan fingerprint density at radius 2 is 0.580 bits per heavy atom. The molecule has 12 aromatic rings. The molecule has 0 unspecified atom stereocenters. The van der Waals surface area contributed by atoms with Crippen LogP contribution in [0.15, 0.2) is 152 Å². The zero-order valence-corrected chi connectivity index (χ0v) is 62.9. The molecular weight excluding hydrogens is 1230 g/mol. The lowest BCUT2D eigenvalue weighted by atomic mass is 9.72. The highest BCUT2D eigenvalue weighted by Gasteiger charge is 2.37. The molecule has 0 aliphatic carbocycles. The standard InChI is InChI=1S/C92H101NO7/c1-85(2,3)50-89(13,14)54-23-31-58(32-24-54)96-70-44-43-62-69(93-45-21-22-46-93)49-73(99-61-37-29-57(30-38-61)92(19,20)53-88(10,11)12)78-64-40-42-66-75-65(41-39-63(74(64)75)77(70)81(62)78)79-71(97-59-33-25-55(26-34-59)90(15,16)51-86(4,5)6)47-67-76-68(84(95)100-83(67)94)48-72(80(66)82(76)79)98-60-35-27-56(28-36-60)91(17,18)52-87(7,8)9/h23-44,47-49H,21-22,45-46,50-53H2,1-20H3. The first-order valence-corrected chi connectivity index (χ1v) is 36.4. The van der Waals surface area contributed by atoms with Gasteiger partial charge in [-0.05, 0) is 209 Å². The number of hydrogen-bond donors (Lipinski definition) is 0. The summed E-state index contributed by atoms with van der Waals surface area (Å²) in [6, 6.07) is 53.5. The van der Waals surface area contributed by atoms with Gasteiger partial charge >= 0.3 is 11.9 Å². The quantitative estimate of drug-likeness (QED) is 0.0386. The van der Waals surface area contributed by atoms with Crippen molar-refractivity contribution in [3.63, 3.8) is 0 Å². The summed E-state index contributed by atoms with van der Waals surface area (Å²) in [6.45, 7) is 48.0. The zero-order valence-electron chi connectivity index (χ0n) is 62.9. The lowest BCUT2D eigenvalue weighted by molar-refractivity contribution is 0.0390. The second-order valence-corrected chi connectivity index (χ2v) is 36.9. The minimum atomic E-state index is -0.734. The van der Waals surface area contributed by atoms with Crippen LogP contribution in [0.1, 0.15) is 220 Å². The van der Waals surface area contributed by atoms with Crippen LogP contribution in [0.25, 0.3) is 75.4 Å². The van der Waals surface area contributed by atoms with Gasteiger partial charge in [0.1, 0.15) is 46.0 Å². The van der Waals surface area contributed by atoms with Crippen LogP contribution in [0, 0.1) is 21.7 Å². The first kappa shape index (κ1) is 68.3. The third-order valence-corrected chi connectivity index (χ3v) is 21.2. The van der Waals surface area contributed by atoms with Crippen LogP contribution in [0.2, 0.25) is 0 Å². The van der Waals surface area contributed by atoms with E-state index in [9.17, 15) is 9.59 Å². The predicted molar refractivity (Wildman–Crippen MR) is 417 cm³/mol. The summed E-state index contributed by atoms with van der Waals surface area (Å²) < 4.78 is 35.2. The largest absolute Gasteiger partial charge is 0.457 e. The molecule has 2 aliphatic heterocycles. The lowest BCUT2D eigenvalue weighted by Gasteiger charge is -2.33. The summed E-state index contributed by atoms with van der Waals surface area (Å²) in [5, 5.41) is 12.5. The van der Waals surface area contributed by atoms with Gasteiger partial charge in [-0.15, -0.1) is 0 Å². The van der Waals surface area contributed by atoms with Gasteiger partial charge in [-0.25, -0.2) is 9.59 Å². The molecule has 1 saturated heterocycles. The third-order valence-electron chi connectivity index (χ3n) is 21.2. The van der Waals surface area contributed by atoms with E-state index >= 15 is 0 Å². The molecule has 516 valence electrons. The lowest BCUT2D eigenvalue weighted by Crippen LogP contribution is -2.24. The van der Waals surface area contributed by atoms with Crippen LogP contribution >= 0.6 is 0 Å². The van der Waals surface area contributed by atoms with Crippen LogP contribution in [0.5, 0.6) is 46.0 Å². The van der Waals surface area contributed by atoms with Gasteiger partial charge in [-0.2, -0.15) is 0 Å². The van der Waals surface area contributed by atoms with Gasteiger partial charge < -0.3 is 28.6 Å². The number of carbonyl (C=O) groups is 2. The number of cyclic esters (lactones) is 2. The molecule has 8 nitrogen and oxygen atoms in total. The number of nitrogens with zero attached hydrogens (tertiary/aromatic N) is 1. The van der Waals surface area contributed by atoms with Crippen molar-refractivity contribution >= 4 is 93.0 Å². The number of fused-ring (bicyclic) bond motifs is 4. The van der Waals surface area contributed by atoms with Crippen molar-refractivity contribution in [1.82, 2.24) is 0 Å². The van der Waals surface area contributed by atoms with Gasteiger partial charge in [0, 0.05) is 67.9 Å². The Hall–Kier alpha value is -8.88. The molecule has 0 saturated carbocycles. The van der Waals surface area contributed by atoms with Crippen LogP contribution in [0.4, 0.5) is 5.69 Å². The Morgan fingerprint density at radius 1 is 0.300 bits per heavy atom. The van der Waals surface area contributed by atoms with E-state index in [1.54, 1.807) is 12.1 Å². The molecule has 0 aromatic heterocycles. The molecule has 0 radical (unpaired) electrons. The van der Waals surface area contributed by atoms with E-state index < -0.39 is 11.9 Å². The van der Waals surface area contributed by atoms with Gasteiger partial charge in [0.2, 0.25) is 0 Å². The number of ether oxygens (including phenoxy) is 5. The number of benzene rings is 12. The fraction of sp³-hybridized carbons (Fsp3) is 0.391. The van der Waals surface area contributed by atoms with Crippen molar-refractivity contribution in [2.45, 2.75) is 199 Å². The van der Waals surface area contributed by atoms with E-state index in [0.717, 1.165) is 145 Å². The molecular formula is C92H101NO7. The fourth-order valence-corrected chi connectivity index (χ4v) is 18.6. The van der Waals surface area contributed by atoms with E-state index in [2.05, 4.69) is 259 Å². The monoisotopic (exact) mass is 1330 g/mol. The minimum Gasteiger partial charge on any atom is -0.457 e. The van der Waals surface area contributed by atoms with Gasteiger partial charge in [-0.3, -0.25) is 0 Å². The maximum atomic E-state index is 14.5. The summed E-state index contributed by atoms with van der Waals surface area (Å²) in [6.07, 6.45) is 6.20. The summed E-state index contributed by atoms with van der Waals surface area (Å²) in [4.78, 5) is 31.6. The highest BCUT2D eigenvalue weighted by Crippen LogP contribution is 2.58. The Bertz CT molecular complexity index is 4990. The average Bonchev–Trinajstić information content (AvgIpc) is 0.739. The van der Waals surface area contributed by atoms with E-state index in [0.29, 0.717) is 33.8 Å². The van der Waals surface area contributed by atoms with Crippen molar-refractivity contribution in [3.8, 4) is 46.0 Å². The molecule has 12 aromatic carbocycles. The van der Waals surface area contributed by atoms with Crippen LogP contribution in [-0.4, -0.2) is 25.0 Å². The molecule has 2 aliphatic rings. The van der Waals surface area contributed by atoms with Crippen molar-refractivity contribution in [3.05, 3.63) is 185 Å². The third kappa shape index (κ3) is 12.7. The van der Waals surface area contributed by atoms with E-state index in [-0.39, 0.29) is 54.4 Å². The highest BCUT2D eigenvalue weighted by molar-refractivity contribution is 6.46. The molecule has 14 rings (SSSR count). The SMILES string of the molecule is CC(C)(C)CC(C)(C)c1ccc(Oc2ccc3c(N4CCCC4)cc(Oc4ccc(C(C)(C)CC(C)(C)C)cc4)c4c5ccc6c7c(Oc8ccc(C(C)(C)CC(C)(C)C)cc8)cc8c9c(cc(Oc%10ccc(C(C)(C)CC(C)(C)C)cc%10)c(c%10ccc(c2c34)c5c%106)c97)C(=O)OC8=O)cc1. The zero-order chi connectivity index (χ0) is 71.3. The van der Waals surface area contributed by atoms with Gasteiger partial charge in [0.15, 0.2) is 0 Å². The van der Waals surface area contributed by atoms with Crippen molar-refractivity contribution in [2.75, 3.05) is 18.0 Å². The maximum Gasteiger partial charge on any atom is 0.346 e. The van der Waals surface area contributed by atoms with E-state index in [1.165, 1.54) is 22.3 Å². The molecule has 8 heteroatoms. The Balaban J connectivity index is 1.08. The molecule has 0 atom stereocenters. The van der Waals surface area contributed by atoms with Gasteiger partial charge in [0.05, 0.1) is 11.1 Å². The van der Waals surface area contributed by atoms with E-state index in [1.807, 2.05) is 24.3 Å². The summed E-state index contributed by atoms with van der Waals surface area (Å²) in [5.41, 5.74) is 6.65. The normalized spacial score (nSPS) is 14.7. The number of carbonyl (C=O) groups excluding carboxylic acids is 2. The van der Waals surface area contributed by atoms with Crippen molar-refractivity contribution in [2.24, 2.45) is 21.7 Å². The summed E-state index contributed by atoms with van der Waals surface area (Å²) >= 11 is 0. The van der Waals surface area contributed by atoms with Gasteiger partial charge in [0.25, 0.3) is 0 Å².